The molecule has 1 unspecified atom stereocenters. The van der Waals surface area contributed by atoms with Gasteiger partial charge >= 0.3 is 0 Å². The van der Waals surface area contributed by atoms with Crippen molar-refractivity contribution < 1.29 is 4.74 Å². The fraction of sp³-hybridized carbons (Fsp3) is 0.300. The van der Waals surface area contributed by atoms with Crippen LogP contribution in [0.25, 0.3) is 0 Å². The lowest BCUT2D eigenvalue weighted by Crippen LogP contribution is -2.27. The fourth-order valence-corrected chi connectivity index (χ4v) is 3.30. The number of hydrogen-bond donors (Lipinski definition) is 0. The van der Waals surface area contributed by atoms with Crippen molar-refractivity contribution >= 4 is 5.69 Å². The zero-order chi connectivity index (χ0) is 15.4. The van der Waals surface area contributed by atoms with Gasteiger partial charge in [-0.3, -0.25) is 0 Å². The number of rotatable bonds is 5. The quantitative estimate of drug-likeness (QED) is 0.759. The maximum Gasteiger partial charge on any atom is 0.136 e. The number of nitrogens with zero attached hydrogens (tertiary/aromatic N) is 1. The van der Waals surface area contributed by atoms with E-state index >= 15 is 0 Å². The molecule has 0 aliphatic carbocycles. The maximum atomic E-state index is 5.89. The van der Waals surface area contributed by atoms with Crippen LogP contribution in [0.15, 0.2) is 67.3 Å². The Morgan fingerprint density at radius 3 is 2.09 bits per heavy atom. The number of hydrogen-bond acceptors (Lipinski definition) is 2. The van der Waals surface area contributed by atoms with Gasteiger partial charge < -0.3 is 9.64 Å². The first-order valence-corrected chi connectivity index (χ1v) is 7.90. The van der Waals surface area contributed by atoms with Crippen LogP contribution < -0.4 is 4.90 Å². The predicted octanol–water partition coefficient (Wildman–Crippen LogP) is 4.36. The highest BCUT2D eigenvalue weighted by molar-refractivity contribution is 5.51. The molecule has 0 radical (unpaired) electrons. The van der Waals surface area contributed by atoms with Crippen LogP contribution in [0.4, 0.5) is 5.69 Å². The van der Waals surface area contributed by atoms with Gasteiger partial charge in [0, 0.05) is 25.9 Å². The average Bonchev–Trinajstić information content (AvgIpc) is 3.13. The van der Waals surface area contributed by atoms with Crippen LogP contribution in [0, 0.1) is 0 Å². The maximum absolute atomic E-state index is 5.89. The number of methoxy groups -OCH3 is 1. The van der Waals surface area contributed by atoms with E-state index in [9.17, 15) is 0 Å². The Morgan fingerprint density at radius 2 is 1.55 bits per heavy atom. The van der Waals surface area contributed by atoms with Gasteiger partial charge in [0.1, 0.15) is 5.60 Å². The van der Waals surface area contributed by atoms with Crippen LogP contribution in [0.2, 0.25) is 0 Å². The van der Waals surface area contributed by atoms with E-state index in [1.54, 1.807) is 7.11 Å². The summed E-state index contributed by atoms with van der Waals surface area (Å²) in [6.45, 7) is 6.34. The molecule has 2 heteroatoms. The Labute approximate surface area is 133 Å². The molecule has 0 saturated carbocycles. The van der Waals surface area contributed by atoms with Gasteiger partial charge in [0.15, 0.2) is 0 Å². The van der Waals surface area contributed by atoms with Crippen LogP contribution in [0.5, 0.6) is 0 Å². The lowest BCUT2D eigenvalue weighted by Gasteiger charge is -2.31. The van der Waals surface area contributed by atoms with E-state index in [0.717, 1.165) is 24.2 Å². The molecule has 1 aliphatic rings. The van der Waals surface area contributed by atoms with E-state index in [-0.39, 0.29) is 0 Å². The molecule has 1 fully saturated rings. The van der Waals surface area contributed by atoms with Crippen molar-refractivity contribution in [1.29, 1.82) is 0 Å². The highest BCUT2D eigenvalue weighted by atomic mass is 16.5. The molecule has 0 bridgehead atoms. The lowest BCUT2D eigenvalue weighted by molar-refractivity contribution is 0.0658. The van der Waals surface area contributed by atoms with E-state index < -0.39 is 5.60 Å². The molecule has 3 rings (SSSR count). The fourth-order valence-electron chi connectivity index (χ4n) is 3.30. The minimum Gasteiger partial charge on any atom is -0.372 e. The summed E-state index contributed by atoms with van der Waals surface area (Å²) < 4.78 is 5.89. The van der Waals surface area contributed by atoms with Crippen molar-refractivity contribution in [2.45, 2.75) is 18.4 Å². The number of anilines is 1. The van der Waals surface area contributed by atoms with Gasteiger partial charge in [-0.1, -0.05) is 55.1 Å². The summed E-state index contributed by atoms with van der Waals surface area (Å²) in [6, 6.07) is 19.0. The van der Waals surface area contributed by atoms with Crippen molar-refractivity contribution in [1.82, 2.24) is 0 Å². The van der Waals surface area contributed by atoms with E-state index in [1.807, 2.05) is 24.3 Å². The van der Waals surface area contributed by atoms with E-state index in [2.05, 4.69) is 47.9 Å². The smallest absolute Gasteiger partial charge is 0.136 e. The standard InChI is InChI=1S/C20H23NO/c1-3-20(22-2,17-9-5-4-6-10-17)18-11-13-19(14-12-18)21-15-7-8-16-21/h3-6,9-14H,1,7-8,15-16H2,2H3. The van der Waals surface area contributed by atoms with E-state index in [4.69, 9.17) is 4.74 Å². The highest BCUT2D eigenvalue weighted by Crippen LogP contribution is 2.35. The van der Waals surface area contributed by atoms with Gasteiger partial charge in [-0.05, 0) is 36.1 Å². The molecule has 0 N–H and O–H groups in total. The normalized spacial score (nSPS) is 17.2. The molecule has 2 nitrogen and oxygen atoms in total. The van der Waals surface area contributed by atoms with Gasteiger partial charge in [0.25, 0.3) is 0 Å². The molecule has 1 aliphatic heterocycles. The number of ether oxygens (including phenoxy) is 1. The topological polar surface area (TPSA) is 12.5 Å². The second-order valence-corrected chi connectivity index (χ2v) is 5.75. The summed E-state index contributed by atoms with van der Waals surface area (Å²) in [5.74, 6) is 0. The first-order valence-electron chi connectivity index (χ1n) is 7.90. The van der Waals surface area contributed by atoms with Gasteiger partial charge in [0.05, 0.1) is 0 Å². The van der Waals surface area contributed by atoms with Gasteiger partial charge in [-0.2, -0.15) is 0 Å². The van der Waals surface area contributed by atoms with Crippen molar-refractivity contribution in [2.24, 2.45) is 0 Å². The lowest BCUT2D eigenvalue weighted by atomic mass is 9.86. The predicted molar refractivity (Wildman–Crippen MR) is 92.3 cm³/mol. The largest absolute Gasteiger partial charge is 0.372 e. The Morgan fingerprint density at radius 1 is 0.955 bits per heavy atom. The third kappa shape index (κ3) is 2.55. The van der Waals surface area contributed by atoms with Crippen molar-refractivity contribution in [3.05, 3.63) is 78.4 Å². The molecule has 1 atom stereocenters. The molecule has 0 spiro atoms. The zero-order valence-electron chi connectivity index (χ0n) is 13.2. The minimum absolute atomic E-state index is 0.592. The van der Waals surface area contributed by atoms with E-state index in [0.29, 0.717) is 0 Å². The first kappa shape index (κ1) is 14.9. The van der Waals surface area contributed by atoms with Crippen LogP contribution in [0.3, 0.4) is 0 Å². The van der Waals surface area contributed by atoms with Gasteiger partial charge in [0.2, 0.25) is 0 Å². The SMILES string of the molecule is C=CC(OC)(c1ccccc1)c1ccc(N2CCCC2)cc1. The van der Waals surface area contributed by atoms with Crippen LogP contribution in [-0.2, 0) is 10.3 Å². The van der Waals surface area contributed by atoms with Crippen LogP contribution in [-0.4, -0.2) is 20.2 Å². The van der Waals surface area contributed by atoms with Crippen molar-refractivity contribution in [3.63, 3.8) is 0 Å². The summed E-state index contributed by atoms with van der Waals surface area (Å²) in [7, 11) is 1.74. The molecule has 22 heavy (non-hydrogen) atoms. The second-order valence-electron chi connectivity index (χ2n) is 5.75. The molecular formula is C20H23NO. The van der Waals surface area contributed by atoms with Crippen molar-refractivity contribution in [2.75, 3.05) is 25.1 Å². The Bertz CT molecular complexity index is 614. The van der Waals surface area contributed by atoms with Gasteiger partial charge in [-0.25, -0.2) is 0 Å². The van der Waals surface area contributed by atoms with E-state index in [1.165, 1.54) is 18.5 Å². The second kappa shape index (κ2) is 6.37. The Balaban J connectivity index is 1.97. The molecule has 0 aromatic heterocycles. The molecule has 1 saturated heterocycles. The third-order valence-electron chi connectivity index (χ3n) is 4.58. The molecule has 114 valence electrons. The average molecular weight is 293 g/mol. The summed E-state index contributed by atoms with van der Waals surface area (Å²) >= 11 is 0. The zero-order valence-corrected chi connectivity index (χ0v) is 13.2. The van der Waals surface area contributed by atoms with Crippen LogP contribution >= 0.6 is 0 Å². The number of benzene rings is 2. The summed E-state index contributed by atoms with van der Waals surface area (Å²) in [5.41, 5.74) is 2.91. The molecule has 1 heterocycles. The highest BCUT2D eigenvalue weighted by Gasteiger charge is 2.30. The van der Waals surface area contributed by atoms with Gasteiger partial charge in [-0.15, -0.1) is 0 Å². The minimum atomic E-state index is -0.592. The first-order chi connectivity index (χ1) is 10.8. The Hall–Kier alpha value is -2.06. The van der Waals surface area contributed by atoms with Crippen LogP contribution in [0.1, 0.15) is 24.0 Å². The third-order valence-corrected chi connectivity index (χ3v) is 4.58. The summed E-state index contributed by atoms with van der Waals surface area (Å²) in [6.07, 6.45) is 4.47. The monoisotopic (exact) mass is 293 g/mol. The molecule has 2 aromatic carbocycles. The Kier molecular flexibility index (Phi) is 4.30. The molecular weight excluding hydrogens is 270 g/mol. The summed E-state index contributed by atoms with van der Waals surface area (Å²) in [4.78, 5) is 2.44. The molecule has 2 aromatic rings. The molecule has 0 amide bonds. The summed E-state index contributed by atoms with van der Waals surface area (Å²) in [5, 5.41) is 0. The van der Waals surface area contributed by atoms with Crippen molar-refractivity contribution in [3.8, 4) is 0 Å².